The van der Waals surface area contributed by atoms with Crippen LogP contribution in [0.4, 0.5) is 15.8 Å². The van der Waals surface area contributed by atoms with E-state index in [1.165, 1.54) is 17.8 Å². The molecule has 138 valence electrons. The highest BCUT2D eigenvalue weighted by Crippen LogP contribution is 2.20. The zero-order valence-corrected chi connectivity index (χ0v) is 15.4. The lowest BCUT2D eigenvalue weighted by atomic mass is 10.0. The normalized spacial score (nSPS) is 16.3. The SMILES string of the molecule is CC(Cc1ccc(F)cc1)C(=O)Nc1ccc(N2CCN(C)CC2)cc1. The van der Waals surface area contributed by atoms with Crippen molar-refractivity contribution in [1.82, 2.24) is 4.90 Å². The lowest BCUT2D eigenvalue weighted by molar-refractivity contribution is -0.119. The highest BCUT2D eigenvalue weighted by Gasteiger charge is 2.16. The first-order valence-corrected chi connectivity index (χ1v) is 9.10. The maximum Gasteiger partial charge on any atom is 0.227 e. The maximum absolute atomic E-state index is 13.0. The van der Waals surface area contributed by atoms with E-state index in [9.17, 15) is 9.18 Å². The van der Waals surface area contributed by atoms with Crippen LogP contribution in [0.3, 0.4) is 0 Å². The second-order valence-electron chi connectivity index (χ2n) is 7.06. The Balaban J connectivity index is 1.54. The zero-order valence-electron chi connectivity index (χ0n) is 15.4. The number of hydrogen-bond acceptors (Lipinski definition) is 3. The van der Waals surface area contributed by atoms with Crippen LogP contribution in [-0.4, -0.2) is 44.0 Å². The molecule has 2 aromatic carbocycles. The fourth-order valence-corrected chi connectivity index (χ4v) is 3.15. The quantitative estimate of drug-likeness (QED) is 0.893. The third-order valence-electron chi connectivity index (χ3n) is 4.91. The number of anilines is 2. The Morgan fingerprint density at radius 1 is 1.04 bits per heavy atom. The molecule has 0 bridgehead atoms. The fraction of sp³-hybridized carbons (Fsp3) is 0.381. The molecule has 26 heavy (non-hydrogen) atoms. The summed E-state index contributed by atoms with van der Waals surface area (Å²) in [5, 5.41) is 2.97. The average molecular weight is 355 g/mol. The molecule has 0 aliphatic carbocycles. The molecule has 1 heterocycles. The van der Waals surface area contributed by atoms with Crippen LogP contribution >= 0.6 is 0 Å². The van der Waals surface area contributed by atoms with Gasteiger partial charge in [0.15, 0.2) is 0 Å². The van der Waals surface area contributed by atoms with Gasteiger partial charge in [-0.05, 0) is 55.4 Å². The van der Waals surface area contributed by atoms with Crippen LogP contribution in [0.2, 0.25) is 0 Å². The van der Waals surface area contributed by atoms with Crippen molar-refractivity contribution in [3.8, 4) is 0 Å². The number of carbonyl (C=O) groups excluding carboxylic acids is 1. The van der Waals surface area contributed by atoms with Gasteiger partial charge in [0.2, 0.25) is 5.91 Å². The van der Waals surface area contributed by atoms with E-state index < -0.39 is 0 Å². The molecule has 1 aliphatic heterocycles. The molecule has 3 rings (SSSR count). The number of carbonyl (C=O) groups is 1. The summed E-state index contributed by atoms with van der Waals surface area (Å²) in [4.78, 5) is 17.1. The van der Waals surface area contributed by atoms with Crippen molar-refractivity contribution in [3.63, 3.8) is 0 Å². The molecule has 1 fully saturated rings. The molecule has 0 spiro atoms. The smallest absolute Gasteiger partial charge is 0.227 e. The fourth-order valence-electron chi connectivity index (χ4n) is 3.15. The van der Waals surface area contributed by atoms with E-state index in [1.54, 1.807) is 12.1 Å². The van der Waals surface area contributed by atoms with Crippen LogP contribution in [0.25, 0.3) is 0 Å². The molecule has 2 aromatic rings. The Kier molecular flexibility index (Phi) is 5.89. The number of nitrogens with zero attached hydrogens (tertiary/aromatic N) is 2. The van der Waals surface area contributed by atoms with Crippen LogP contribution in [0.5, 0.6) is 0 Å². The van der Waals surface area contributed by atoms with E-state index in [2.05, 4.69) is 34.3 Å². The van der Waals surface area contributed by atoms with Gasteiger partial charge in [-0.2, -0.15) is 0 Å². The lowest BCUT2D eigenvalue weighted by Gasteiger charge is -2.34. The molecule has 1 saturated heterocycles. The van der Waals surface area contributed by atoms with E-state index >= 15 is 0 Å². The molecule has 0 aromatic heterocycles. The minimum absolute atomic E-state index is 0.0262. The number of nitrogens with one attached hydrogen (secondary N) is 1. The number of hydrogen-bond donors (Lipinski definition) is 1. The van der Waals surface area contributed by atoms with Crippen LogP contribution in [0.15, 0.2) is 48.5 Å². The van der Waals surface area contributed by atoms with Crippen molar-refractivity contribution in [3.05, 3.63) is 59.9 Å². The first-order valence-electron chi connectivity index (χ1n) is 9.10. The number of piperazine rings is 1. The summed E-state index contributed by atoms with van der Waals surface area (Å²) in [6.45, 7) is 6.07. The summed E-state index contributed by atoms with van der Waals surface area (Å²) in [5.41, 5.74) is 2.95. The van der Waals surface area contributed by atoms with Gasteiger partial charge in [-0.15, -0.1) is 0 Å². The third-order valence-corrected chi connectivity index (χ3v) is 4.91. The summed E-state index contributed by atoms with van der Waals surface area (Å²) in [7, 11) is 2.14. The summed E-state index contributed by atoms with van der Waals surface area (Å²) in [5.74, 6) is -0.467. The highest BCUT2D eigenvalue weighted by atomic mass is 19.1. The van der Waals surface area contributed by atoms with Crippen LogP contribution in [0.1, 0.15) is 12.5 Å². The molecular weight excluding hydrogens is 329 g/mol. The van der Waals surface area contributed by atoms with Crippen molar-refractivity contribution < 1.29 is 9.18 Å². The second-order valence-corrected chi connectivity index (χ2v) is 7.06. The Labute approximate surface area is 154 Å². The second kappa shape index (κ2) is 8.32. The number of benzene rings is 2. The lowest BCUT2D eigenvalue weighted by Crippen LogP contribution is -2.44. The van der Waals surface area contributed by atoms with Crippen molar-refractivity contribution in [2.75, 3.05) is 43.4 Å². The van der Waals surface area contributed by atoms with Gasteiger partial charge in [-0.3, -0.25) is 4.79 Å². The maximum atomic E-state index is 13.0. The minimum atomic E-state index is -0.258. The van der Waals surface area contributed by atoms with Crippen molar-refractivity contribution in [2.24, 2.45) is 5.92 Å². The highest BCUT2D eigenvalue weighted by molar-refractivity contribution is 5.92. The largest absolute Gasteiger partial charge is 0.369 e. The van der Waals surface area contributed by atoms with Crippen molar-refractivity contribution in [2.45, 2.75) is 13.3 Å². The van der Waals surface area contributed by atoms with Crippen LogP contribution in [0, 0.1) is 11.7 Å². The van der Waals surface area contributed by atoms with Gasteiger partial charge in [0, 0.05) is 43.5 Å². The summed E-state index contributed by atoms with van der Waals surface area (Å²) < 4.78 is 13.0. The molecule has 1 aliphatic rings. The molecular formula is C21H26FN3O. The van der Waals surface area contributed by atoms with Crippen LogP contribution in [-0.2, 0) is 11.2 Å². The van der Waals surface area contributed by atoms with Gasteiger partial charge in [-0.1, -0.05) is 19.1 Å². The molecule has 5 heteroatoms. The monoisotopic (exact) mass is 355 g/mol. The van der Waals surface area contributed by atoms with Crippen molar-refractivity contribution in [1.29, 1.82) is 0 Å². The van der Waals surface area contributed by atoms with Crippen LogP contribution < -0.4 is 10.2 Å². The topological polar surface area (TPSA) is 35.6 Å². The van der Waals surface area contributed by atoms with E-state index in [4.69, 9.17) is 0 Å². The molecule has 0 radical (unpaired) electrons. The predicted octanol–water partition coefficient (Wildman–Crippen LogP) is 3.39. The minimum Gasteiger partial charge on any atom is -0.369 e. The van der Waals surface area contributed by atoms with Gasteiger partial charge in [0.05, 0.1) is 0 Å². The first-order chi connectivity index (χ1) is 12.5. The van der Waals surface area contributed by atoms with E-state index in [-0.39, 0.29) is 17.6 Å². The predicted molar refractivity (Wildman–Crippen MR) is 104 cm³/mol. The van der Waals surface area contributed by atoms with Crippen molar-refractivity contribution >= 4 is 17.3 Å². The Morgan fingerprint density at radius 3 is 2.27 bits per heavy atom. The molecule has 1 atom stereocenters. The Bertz CT molecular complexity index is 722. The third kappa shape index (κ3) is 4.82. The number of likely N-dealkylation sites (N-methyl/N-ethyl adjacent to an activating group) is 1. The van der Waals surface area contributed by atoms with Gasteiger partial charge in [0.1, 0.15) is 5.82 Å². The summed E-state index contributed by atoms with van der Waals surface area (Å²) in [6.07, 6.45) is 0.589. The number of rotatable bonds is 5. The summed E-state index contributed by atoms with van der Waals surface area (Å²) >= 11 is 0. The number of halogens is 1. The molecule has 0 saturated carbocycles. The van der Waals surface area contributed by atoms with Gasteiger partial charge in [0.25, 0.3) is 0 Å². The van der Waals surface area contributed by atoms with Gasteiger partial charge in [-0.25, -0.2) is 4.39 Å². The molecule has 1 unspecified atom stereocenters. The molecule has 1 N–H and O–H groups in total. The van der Waals surface area contributed by atoms with E-state index in [0.29, 0.717) is 6.42 Å². The summed E-state index contributed by atoms with van der Waals surface area (Å²) in [6, 6.07) is 14.3. The Hall–Kier alpha value is -2.40. The van der Waals surface area contributed by atoms with E-state index in [0.717, 1.165) is 37.4 Å². The average Bonchev–Trinajstić information content (AvgIpc) is 2.65. The standard InChI is InChI=1S/C21H26FN3O/c1-16(15-17-3-5-18(22)6-4-17)21(26)23-19-7-9-20(10-8-19)25-13-11-24(2)12-14-25/h3-10,16H,11-15H2,1-2H3,(H,23,26). The first kappa shape index (κ1) is 18.4. The molecule has 4 nitrogen and oxygen atoms in total. The van der Waals surface area contributed by atoms with Gasteiger partial charge < -0.3 is 15.1 Å². The number of amides is 1. The molecule has 1 amide bonds. The van der Waals surface area contributed by atoms with E-state index in [1.807, 2.05) is 19.1 Å². The van der Waals surface area contributed by atoms with Gasteiger partial charge >= 0.3 is 0 Å². The Morgan fingerprint density at radius 2 is 1.65 bits per heavy atom. The zero-order chi connectivity index (χ0) is 18.5.